The zero-order valence-corrected chi connectivity index (χ0v) is 21.8. The van der Waals surface area contributed by atoms with Crippen LogP contribution >= 0.6 is 12.4 Å². The Balaban J connectivity index is 0.00000361. The van der Waals surface area contributed by atoms with Crippen molar-refractivity contribution < 1.29 is 19.7 Å². The minimum absolute atomic E-state index is 0. The third-order valence-corrected chi connectivity index (χ3v) is 7.48. The van der Waals surface area contributed by atoms with Crippen molar-refractivity contribution in [1.82, 2.24) is 4.90 Å². The molecule has 1 unspecified atom stereocenters. The molecule has 0 radical (unpaired) electrons. The zero-order chi connectivity index (χ0) is 24.5. The van der Waals surface area contributed by atoms with Crippen molar-refractivity contribution >= 4 is 18.4 Å². The van der Waals surface area contributed by atoms with Gasteiger partial charge < -0.3 is 14.9 Å². The molecule has 4 rings (SSSR count). The maximum atomic E-state index is 11.0. The quantitative estimate of drug-likeness (QED) is 0.355. The van der Waals surface area contributed by atoms with E-state index in [1.807, 2.05) is 12.1 Å². The normalized spacial score (nSPS) is 24.6. The largest absolute Gasteiger partial charge is 0.481 e. The van der Waals surface area contributed by atoms with E-state index in [0.717, 1.165) is 31.5 Å². The number of allylic oxidation sites excluding steroid dienone is 2. The second-order valence-electron chi connectivity index (χ2n) is 9.95. The monoisotopic (exact) mass is 513 g/mol. The standard InChI is InChI=1S/C30H39NO4.ClH/c32-27-21-28(35-22-23-15-17-25(18-16-23)24-11-5-3-6-12-24)26(13-7-1-2-8-14-29(33)34)30(27)31-19-9-4-10-20-31;/h1-3,5-6,11-12,15-18,26-28,30,32H,4,7-10,13-14,19-22H2,(H,33,34);1H/b2-1+;/t26-,27-,28?,30+;/m0./s1. The highest BCUT2D eigenvalue weighted by atomic mass is 35.5. The fourth-order valence-corrected chi connectivity index (χ4v) is 5.69. The summed E-state index contributed by atoms with van der Waals surface area (Å²) in [6.07, 6.45) is 10.6. The number of halogens is 1. The third kappa shape index (κ3) is 7.91. The van der Waals surface area contributed by atoms with E-state index < -0.39 is 5.97 Å². The second kappa shape index (κ2) is 14.5. The van der Waals surface area contributed by atoms with Gasteiger partial charge in [0, 0.05) is 24.8 Å². The summed E-state index contributed by atoms with van der Waals surface area (Å²) >= 11 is 0. The highest BCUT2D eigenvalue weighted by molar-refractivity contribution is 5.85. The molecule has 5 nitrogen and oxygen atoms in total. The van der Waals surface area contributed by atoms with E-state index in [1.54, 1.807) is 0 Å². The van der Waals surface area contributed by atoms with Gasteiger partial charge in [-0.1, -0.05) is 73.2 Å². The van der Waals surface area contributed by atoms with Crippen LogP contribution in [0.3, 0.4) is 0 Å². The predicted molar refractivity (Wildman–Crippen MR) is 146 cm³/mol. The molecule has 36 heavy (non-hydrogen) atoms. The number of aliphatic hydroxyl groups is 1. The van der Waals surface area contributed by atoms with E-state index in [9.17, 15) is 9.90 Å². The number of rotatable bonds is 11. The van der Waals surface area contributed by atoms with Gasteiger partial charge in [0.05, 0.1) is 18.8 Å². The maximum Gasteiger partial charge on any atom is 0.303 e. The van der Waals surface area contributed by atoms with E-state index in [0.29, 0.717) is 19.4 Å². The van der Waals surface area contributed by atoms with Crippen molar-refractivity contribution in [1.29, 1.82) is 0 Å². The van der Waals surface area contributed by atoms with Gasteiger partial charge in [0.1, 0.15) is 0 Å². The molecule has 2 N–H and O–H groups in total. The summed E-state index contributed by atoms with van der Waals surface area (Å²) in [5, 5.41) is 19.9. The van der Waals surface area contributed by atoms with Crippen LogP contribution in [0.15, 0.2) is 66.7 Å². The molecular formula is C30H40ClNO4. The average molecular weight is 514 g/mol. The predicted octanol–water partition coefficient (Wildman–Crippen LogP) is 6.10. The third-order valence-electron chi connectivity index (χ3n) is 7.48. The van der Waals surface area contributed by atoms with Crippen LogP contribution in [0.5, 0.6) is 0 Å². The maximum absolute atomic E-state index is 11.0. The number of carboxylic acid groups (broad SMARTS) is 1. The number of carbonyl (C=O) groups is 1. The van der Waals surface area contributed by atoms with E-state index >= 15 is 0 Å². The molecule has 2 fully saturated rings. The van der Waals surface area contributed by atoms with Crippen LogP contribution in [0.1, 0.15) is 56.9 Å². The molecule has 2 aromatic carbocycles. The van der Waals surface area contributed by atoms with E-state index in [-0.39, 0.29) is 43.0 Å². The molecule has 1 aliphatic carbocycles. The zero-order valence-electron chi connectivity index (χ0n) is 21.0. The molecule has 0 amide bonds. The van der Waals surface area contributed by atoms with Gasteiger partial charge >= 0.3 is 5.97 Å². The first-order chi connectivity index (χ1) is 17.1. The van der Waals surface area contributed by atoms with Gasteiger partial charge in [-0.3, -0.25) is 9.69 Å². The molecule has 0 aromatic heterocycles. The lowest BCUT2D eigenvalue weighted by Gasteiger charge is -2.38. The molecule has 4 atom stereocenters. The van der Waals surface area contributed by atoms with Gasteiger partial charge in [0.25, 0.3) is 0 Å². The Labute approximate surface area is 221 Å². The number of hydrogen-bond donors (Lipinski definition) is 2. The van der Waals surface area contributed by atoms with Crippen LogP contribution in [-0.4, -0.2) is 52.4 Å². The Bertz CT molecular complexity index is 943. The summed E-state index contributed by atoms with van der Waals surface area (Å²) in [5.74, 6) is -0.486. The fraction of sp³-hybridized carbons (Fsp3) is 0.500. The number of carboxylic acids is 1. The Morgan fingerprint density at radius 2 is 1.61 bits per heavy atom. The summed E-state index contributed by atoms with van der Waals surface area (Å²) < 4.78 is 6.46. The van der Waals surface area contributed by atoms with Crippen LogP contribution in [0.4, 0.5) is 0 Å². The van der Waals surface area contributed by atoms with Crippen LogP contribution in [0, 0.1) is 5.92 Å². The molecule has 2 aliphatic rings. The summed E-state index contributed by atoms with van der Waals surface area (Å²) in [4.78, 5) is 13.2. The highest BCUT2D eigenvalue weighted by Crippen LogP contribution is 2.38. The van der Waals surface area contributed by atoms with E-state index in [2.05, 4.69) is 59.5 Å². The molecule has 196 valence electrons. The Morgan fingerprint density at radius 1 is 0.944 bits per heavy atom. The summed E-state index contributed by atoms with van der Waals surface area (Å²) in [7, 11) is 0. The van der Waals surface area contributed by atoms with Crippen molar-refractivity contribution in [2.75, 3.05) is 13.1 Å². The molecule has 0 spiro atoms. The Hall–Kier alpha value is -2.18. The van der Waals surface area contributed by atoms with Gasteiger partial charge in [-0.15, -0.1) is 12.4 Å². The molecule has 1 saturated carbocycles. The smallest absolute Gasteiger partial charge is 0.303 e. The molecule has 1 saturated heterocycles. The van der Waals surface area contributed by atoms with E-state index in [4.69, 9.17) is 9.84 Å². The number of piperidine rings is 1. The first-order valence-corrected chi connectivity index (χ1v) is 13.2. The Morgan fingerprint density at radius 3 is 2.31 bits per heavy atom. The molecule has 1 heterocycles. The minimum Gasteiger partial charge on any atom is -0.481 e. The molecule has 6 heteroatoms. The van der Waals surface area contributed by atoms with Crippen molar-refractivity contribution in [2.45, 2.75) is 76.2 Å². The van der Waals surface area contributed by atoms with Gasteiger partial charge in [-0.05, 0) is 61.9 Å². The number of aliphatic hydroxyl groups excluding tert-OH is 1. The number of benzene rings is 2. The molecule has 1 aliphatic heterocycles. The first kappa shape index (κ1) is 28.4. The highest BCUT2D eigenvalue weighted by Gasteiger charge is 2.45. The molecular weight excluding hydrogens is 474 g/mol. The molecule has 0 bridgehead atoms. The number of ether oxygens (including phenoxy) is 1. The Kier molecular flexibility index (Phi) is 11.5. The average Bonchev–Trinajstić information content (AvgIpc) is 3.20. The second-order valence-corrected chi connectivity index (χ2v) is 9.95. The summed E-state index contributed by atoms with van der Waals surface area (Å²) in [6.45, 7) is 2.66. The van der Waals surface area contributed by atoms with E-state index in [1.165, 1.54) is 30.4 Å². The summed E-state index contributed by atoms with van der Waals surface area (Å²) in [5.41, 5.74) is 3.55. The van der Waals surface area contributed by atoms with Gasteiger partial charge in [-0.2, -0.15) is 0 Å². The summed E-state index contributed by atoms with van der Waals surface area (Å²) in [6, 6.07) is 19.1. The lowest BCUT2D eigenvalue weighted by Crippen LogP contribution is -2.47. The van der Waals surface area contributed by atoms with Crippen molar-refractivity contribution in [3.63, 3.8) is 0 Å². The van der Waals surface area contributed by atoms with Gasteiger partial charge in [-0.25, -0.2) is 0 Å². The number of nitrogens with zero attached hydrogens (tertiary/aromatic N) is 1. The van der Waals surface area contributed by atoms with Crippen LogP contribution in [0.2, 0.25) is 0 Å². The van der Waals surface area contributed by atoms with Crippen molar-refractivity contribution in [3.8, 4) is 11.1 Å². The van der Waals surface area contributed by atoms with Crippen LogP contribution < -0.4 is 0 Å². The van der Waals surface area contributed by atoms with Gasteiger partial charge in [0.2, 0.25) is 0 Å². The molecule has 2 aromatic rings. The van der Waals surface area contributed by atoms with Crippen LogP contribution in [0.25, 0.3) is 11.1 Å². The number of hydrogen-bond acceptors (Lipinski definition) is 4. The topological polar surface area (TPSA) is 70.0 Å². The first-order valence-electron chi connectivity index (χ1n) is 13.2. The number of likely N-dealkylation sites (tertiary alicyclic amines) is 1. The van der Waals surface area contributed by atoms with Crippen molar-refractivity contribution in [3.05, 3.63) is 72.3 Å². The lowest BCUT2D eigenvalue weighted by atomic mass is 9.92. The fourth-order valence-electron chi connectivity index (χ4n) is 5.69. The lowest BCUT2D eigenvalue weighted by molar-refractivity contribution is -0.136. The minimum atomic E-state index is -0.760. The van der Waals surface area contributed by atoms with Crippen LogP contribution in [-0.2, 0) is 16.1 Å². The SMILES string of the molecule is Cl.O=C(O)CC/C=C/CC[C@H]1C(OCc2ccc(-c3ccccc3)cc2)C[C@H](O)[C@@H]1N1CCCCC1. The van der Waals surface area contributed by atoms with Crippen molar-refractivity contribution in [2.24, 2.45) is 5.92 Å². The van der Waals surface area contributed by atoms with Gasteiger partial charge in [0.15, 0.2) is 0 Å². The number of aliphatic carboxylic acids is 1.